The maximum atomic E-state index is 12.9. The van der Waals surface area contributed by atoms with Crippen molar-refractivity contribution in [3.05, 3.63) is 74.3 Å². The molecule has 12 heteroatoms. The van der Waals surface area contributed by atoms with E-state index < -0.39 is 49.2 Å². The molecule has 0 aliphatic heterocycles. The highest BCUT2D eigenvalue weighted by Gasteiger charge is 2.37. The molecule has 0 saturated heterocycles. The van der Waals surface area contributed by atoms with Gasteiger partial charge in [0.15, 0.2) is 5.78 Å². The van der Waals surface area contributed by atoms with Crippen LogP contribution >= 0.6 is 31.9 Å². The molecule has 0 amide bonds. The number of ketones is 1. The number of rotatable bonds is 4. The minimum Gasteiger partial charge on any atom is -0.289 e. The first kappa shape index (κ1) is 22.3. The van der Waals surface area contributed by atoms with Crippen LogP contribution < -0.4 is 0 Å². The molecule has 28 heavy (non-hydrogen) atoms. The van der Waals surface area contributed by atoms with Gasteiger partial charge in [-0.3, -0.25) is 14.9 Å². The molecule has 150 valence electrons. The van der Waals surface area contributed by atoms with E-state index in [1.807, 2.05) is 0 Å². The van der Waals surface area contributed by atoms with Crippen molar-refractivity contribution in [3.63, 3.8) is 0 Å². The van der Waals surface area contributed by atoms with Crippen molar-refractivity contribution in [3.8, 4) is 0 Å². The summed E-state index contributed by atoms with van der Waals surface area (Å²) in [6, 6.07) is 3.43. The molecule has 0 spiro atoms. The van der Waals surface area contributed by atoms with Crippen molar-refractivity contribution in [1.82, 2.24) is 0 Å². The molecule has 0 saturated carbocycles. The molecule has 0 aliphatic carbocycles. The highest BCUT2D eigenvalue weighted by molar-refractivity contribution is 9.24. The van der Waals surface area contributed by atoms with Crippen LogP contribution in [0.3, 0.4) is 0 Å². The van der Waals surface area contributed by atoms with Gasteiger partial charge in [0.1, 0.15) is 3.74 Å². The lowest BCUT2D eigenvalue weighted by atomic mass is 9.97. The summed E-state index contributed by atoms with van der Waals surface area (Å²) in [7, 11) is 0. The van der Waals surface area contributed by atoms with Gasteiger partial charge in [0.05, 0.1) is 21.6 Å². The first-order valence-corrected chi connectivity index (χ1v) is 8.95. The molecular formula is C16H7Br2F6NO3. The Morgan fingerprint density at radius 1 is 0.893 bits per heavy atom. The molecule has 4 nitrogen and oxygen atoms in total. The largest absolute Gasteiger partial charge is 0.416 e. The number of halogens is 8. The molecule has 0 bridgehead atoms. The minimum absolute atomic E-state index is 0.0288. The molecule has 0 radical (unpaired) electrons. The maximum absolute atomic E-state index is 12.9. The molecule has 0 unspecified atom stereocenters. The van der Waals surface area contributed by atoms with Crippen molar-refractivity contribution in [2.24, 2.45) is 0 Å². The topological polar surface area (TPSA) is 60.2 Å². The fraction of sp³-hybridized carbons (Fsp3) is 0.188. The van der Waals surface area contributed by atoms with Crippen molar-refractivity contribution >= 4 is 43.3 Å². The van der Waals surface area contributed by atoms with Gasteiger partial charge in [-0.1, -0.05) is 31.9 Å². The Bertz CT molecular complexity index is 909. The fourth-order valence-electron chi connectivity index (χ4n) is 2.29. The standard InChI is InChI=1S/C16H7Br2F6NO3/c17-14(18)11-5-7(1-2-12(11)25(27)28)13(26)8-3-9(15(19,20)21)6-10(4-8)16(22,23)24/h1-6,14H. The van der Waals surface area contributed by atoms with Crippen LogP contribution in [0.1, 0.15) is 36.3 Å². The van der Waals surface area contributed by atoms with Gasteiger partial charge in [-0.25, -0.2) is 0 Å². The van der Waals surface area contributed by atoms with Crippen LogP contribution in [0.15, 0.2) is 36.4 Å². The van der Waals surface area contributed by atoms with Crippen molar-refractivity contribution in [2.75, 3.05) is 0 Å². The summed E-state index contributed by atoms with van der Waals surface area (Å²) < 4.78 is 76.9. The van der Waals surface area contributed by atoms with E-state index in [2.05, 4.69) is 31.9 Å². The number of nitro groups is 1. The lowest BCUT2D eigenvalue weighted by Gasteiger charge is -2.14. The first-order valence-electron chi connectivity index (χ1n) is 7.12. The van der Waals surface area contributed by atoms with Crippen LogP contribution in [0.25, 0.3) is 0 Å². The number of nitrogens with zero attached hydrogens (tertiary/aromatic N) is 1. The Balaban J connectivity index is 2.63. The van der Waals surface area contributed by atoms with Gasteiger partial charge < -0.3 is 0 Å². The summed E-state index contributed by atoms with van der Waals surface area (Å²) >= 11 is 6.04. The van der Waals surface area contributed by atoms with E-state index in [1.54, 1.807) is 0 Å². The van der Waals surface area contributed by atoms with Crippen LogP contribution in [0.4, 0.5) is 32.0 Å². The lowest BCUT2D eigenvalue weighted by molar-refractivity contribution is -0.385. The van der Waals surface area contributed by atoms with Gasteiger partial charge in [-0.2, -0.15) is 26.3 Å². The van der Waals surface area contributed by atoms with Gasteiger partial charge in [0.25, 0.3) is 5.69 Å². The van der Waals surface area contributed by atoms with Crippen LogP contribution in [-0.2, 0) is 12.4 Å². The van der Waals surface area contributed by atoms with E-state index >= 15 is 0 Å². The van der Waals surface area contributed by atoms with Gasteiger partial charge in [-0.15, -0.1) is 0 Å². The average molecular weight is 535 g/mol. The van der Waals surface area contributed by atoms with Gasteiger partial charge in [0.2, 0.25) is 0 Å². The number of benzene rings is 2. The van der Waals surface area contributed by atoms with Crippen molar-refractivity contribution in [1.29, 1.82) is 0 Å². The molecule has 0 fully saturated rings. The Morgan fingerprint density at radius 3 is 1.79 bits per heavy atom. The lowest BCUT2D eigenvalue weighted by Crippen LogP contribution is -2.14. The zero-order valence-corrected chi connectivity index (χ0v) is 16.4. The monoisotopic (exact) mass is 533 g/mol. The molecule has 0 aliphatic rings. The second-order valence-corrected chi connectivity index (χ2v) is 8.52. The third kappa shape index (κ3) is 4.90. The molecule has 0 N–H and O–H groups in total. The van der Waals surface area contributed by atoms with E-state index in [1.165, 1.54) is 0 Å². The quantitative estimate of drug-likeness (QED) is 0.145. The Labute approximate surface area is 169 Å². The van der Waals surface area contributed by atoms with Crippen LogP contribution in [0, 0.1) is 10.1 Å². The maximum Gasteiger partial charge on any atom is 0.416 e. The molecule has 0 aromatic heterocycles. The second kappa shape index (κ2) is 7.82. The van der Waals surface area contributed by atoms with E-state index in [0.29, 0.717) is 12.1 Å². The predicted octanol–water partition coefficient (Wildman–Crippen LogP) is 6.65. The Kier molecular flexibility index (Phi) is 6.24. The predicted molar refractivity (Wildman–Crippen MR) is 93.6 cm³/mol. The first-order chi connectivity index (χ1) is 12.7. The van der Waals surface area contributed by atoms with E-state index in [4.69, 9.17) is 0 Å². The van der Waals surface area contributed by atoms with Crippen LogP contribution in [0.5, 0.6) is 0 Å². The summed E-state index contributed by atoms with van der Waals surface area (Å²) in [5.41, 5.74) is -4.84. The van der Waals surface area contributed by atoms with E-state index in [9.17, 15) is 41.3 Å². The van der Waals surface area contributed by atoms with Crippen molar-refractivity contribution in [2.45, 2.75) is 16.1 Å². The SMILES string of the molecule is O=C(c1cc(C(F)(F)F)cc(C(F)(F)F)c1)c1ccc([N+](=O)[O-])c(C(Br)Br)c1. The van der Waals surface area contributed by atoms with Gasteiger partial charge >= 0.3 is 12.4 Å². The Morgan fingerprint density at radius 2 is 1.39 bits per heavy atom. The highest BCUT2D eigenvalue weighted by atomic mass is 79.9. The normalized spacial score (nSPS) is 12.3. The molecule has 0 heterocycles. The number of carbonyl (C=O) groups excluding carboxylic acids is 1. The van der Waals surface area contributed by atoms with E-state index in [0.717, 1.165) is 18.2 Å². The molecule has 0 atom stereocenters. The fourth-order valence-corrected chi connectivity index (χ4v) is 3.02. The number of nitro benzene ring substituents is 1. The number of alkyl halides is 8. The minimum atomic E-state index is -5.10. The van der Waals surface area contributed by atoms with Crippen LogP contribution in [-0.4, -0.2) is 10.7 Å². The molecular weight excluding hydrogens is 528 g/mol. The molecule has 2 aromatic rings. The average Bonchev–Trinajstić information content (AvgIpc) is 2.58. The third-order valence-corrected chi connectivity index (χ3v) is 4.56. The molecule has 2 rings (SSSR count). The number of hydrogen-bond acceptors (Lipinski definition) is 3. The van der Waals surface area contributed by atoms with E-state index in [-0.39, 0.29) is 17.2 Å². The summed E-state index contributed by atoms with van der Waals surface area (Å²) in [6.07, 6.45) is -10.2. The molecule has 2 aromatic carbocycles. The summed E-state index contributed by atoms with van der Waals surface area (Å²) in [5, 5.41) is 11.0. The van der Waals surface area contributed by atoms with Gasteiger partial charge in [0, 0.05) is 17.2 Å². The summed E-state index contributed by atoms with van der Waals surface area (Å²) in [6.45, 7) is 0. The summed E-state index contributed by atoms with van der Waals surface area (Å²) in [4.78, 5) is 22.8. The Hall–Kier alpha value is -1.95. The third-order valence-electron chi connectivity index (χ3n) is 3.57. The highest BCUT2D eigenvalue weighted by Crippen LogP contribution is 2.38. The second-order valence-electron chi connectivity index (χ2n) is 5.46. The number of carbonyl (C=O) groups is 1. The smallest absolute Gasteiger partial charge is 0.289 e. The zero-order valence-electron chi connectivity index (χ0n) is 13.2. The van der Waals surface area contributed by atoms with Crippen LogP contribution in [0.2, 0.25) is 0 Å². The van der Waals surface area contributed by atoms with Gasteiger partial charge in [-0.05, 0) is 30.3 Å². The zero-order chi connectivity index (χ0) is 21.4. The number of hydrogen-bond donors (Lipinski definition) is 0. The van der Waals surface area contributed by atoms with Crippen molar-refractivity contribution < 1.29 is 36.1 Å². The summed E-state index contributed by atoms with van der Waals surface area (Å²) in [5.74, 6) is -1.15.